The standard InChI is InChI=1S/C7H15NO2/c1-4-6(9)3-8-5(2)7(4)10/h4-10H,3H2,1-2H3/t4?,5-,6+,7+/m1/s1. The van der Waals surface area contributed by atoms with Gasteiger partial charge in [0.2, 0.25) is 0 Å². The molecule has 60 valence electrons. The van der Waals surface area contributed by atoms with E-state index in [9.17, 15) is 10.2 Å². The third-order valence-electron chi connectivity index (χ3n) is 2.31. The Labute approximate surface area is 61.1 Å². The third-order valence-corrected chi connectivity index (χ3v) is 2.31. The van der Waals surface area contributed by atoms with Crippen molar-refractivity contribution in [2.45, 2.75) is 32.1 Å². The minimum Gasteiger partial charge on any atom is -0.391 e. The summed E-state index contributed by atoms with van der Waals surface area (Å²) in [6.07, 6.45) is -0.810. The summed E-state index contributed by atoms with van der Waals surface area (Å²) in [4.78, 5) is 0. The molecule has 0 aromatic rings. The van der Waals surface area contributed by atoms with Crippen LogP contribution in [-0.4, -0.2) is 35.0 Å². The normalized spacial score (nSPS) is 49.2. The average molecular weight is 145 g/mol. The van der Waals surface area contributed by atoms with Crippen molar-refractivity contribution >= 4 is 0 Å². The molecule has 0 aromatic carbocycles. The fourth-order valence-electron chi connectivity index (χ4n) is 1.30. The van der Waals surface area contributed by atoms with Crippen molar-refractivity contribution in [3.63, 3.8) is 0 Å². The Balaban J connectivity index is 2.52. The molecule has 10 heavy (non-hydrogen) atoms. The number of rotatable bonds is 0. The van der Waals surface area contributed by atoms with E-state index >= 15 is 0 Å². The summed E-state index contributed by atoms with van der Waals surface area (Å²) >= 11 is 0. The van der Waals surface area contributed by atoms with E-state index in [0.717, 1.165) is 0 Å². The Morgan fingerprint density at radius 3 is 2.40 bits per heavy atom. The van der Waals surface area contributed by atoms with Crippen LogP contribution in [0.5, 0.6) is 0 Å². The third kappa shape index (κ3) is 1.31. The van der Waals surface area contributed by atoms with Crippen LogP contribution in [0.1, 0.15) is 13.8 Å². The molecular formula is C7H15NO2. The van der Waals surface area contributed by atoms with Crippen molar-refractivity contribution in [2.24, 2.45) is 5.92 Å². The largest absolute Gasteiger partial charge is 0.391 e. The van der Waals surface area contributed by atoms with Gasteiger partial charge in [0.25, 0.3) is 0 Å². The van der Waals surface area contributed by atoms with Gasteiger partial charge < -0.3 is 15.5 Å². The summed E-state index contributed by atoms with van der Waals surface area (Å²) in [5, 5.41) is 21.6. The lowest BCUT2D eigenvalue weighted by Gasteiger charge is -2.35. The van der Waals surface area contributed by atoms with Crippen molar-refractivity contribution in [1.29, 1.82) is 0 Å². The van der Waals surface area contributed by atoms with Gasteiger partial charge in [-0.1, -0.05) is 6.92 Å². The van der Waals surface area contributed by atoms with Crippen molar-refractivity contribution in [3.05, 3.63) is 0 Å². The van der Waals surface area contributed by atoms with Gasteiger partial charge in [-0.05, 0) is 6.92 Å². The van der Waals surface area contributed by atoms with E-state index in [1.165, 1.54) is 0 Å². The number of hydrogen-bond acceptors (Lipinski definition) is 3. The van der Waals surface area contributed by atoms with Gasteiger partial charge in [-0.15, -0.1) is 0 Å². The van der Waals surface area contributed by atoms with Gasteiger partial charge in [0.1, 0.15) is 0 Å². The zero-order valence-electron chi connectivity index (χ0n) is 6.41. The molecule has 1 rings (SSSR count). The first-order valence-corrected chi connectivity index (χ1v) is 3.72. The Morgan fingerprint density at radius 2 is 1.90 bits per heavy atom. The first kappa shape index (κ1) is 7.98. The molecule has 1 aliphatic heterocycles. The van der Waals surface area contributed by atoms with E-state index < -0.39 is 12.2 Å². The van der Waals surface area contributed by atoms with Crippen LogP contribution in [0.3, 0.4) is 0 Å². The van der Waals surface area contributed by atoms with Crippen LogP contribution < -0.4 is 5.32 Å². The quantitative estimate of drug-likeness (QED) is 0.424. The predicted molar refractivity (Wildman–Crippen MR) is 38.6 cm³/mol. The summed E-state index contributed by atoms with van der Waals surface area (Å²) in [5.74, 6) is -0.00347. The van der Waals surface area contributed by atoms with Crippen molar-refractivity contribution in [3.8, 4) is 0 Å². The minimum atomic E-state index is -0.413. The fraction of sp³-hybridized carbons (Fsp3) is 1.00. The minimum absolute atomic E-state index is 0.00347. The Hall–Kier alpha value is -0.120. The second-order valence-corrected chi connectivity index (χ2v) is 3.11. The average Bonchev–Trinajstić information content (AvgIpc) is 1.93. The second kappa shape index (κ2) is 2.86. The number of piperidine rings is 1. The smallest absolute Gasteiger partial charge is 0.0741 e. The molecule has 4 atom stereocenters. The fourth-order valence-corrected chi connectivity index (χ4v) is 1.30. The van der Waals surface area contributed by atoms with Gasteiger partial charge in [0.05, 0.1) is 12.2 Å². The van der Waals surface area contributed by atoms with Crippen molar-refractivity contribution < 1.29 is 10.2 Å². The highest BCUT2D eigenvalue weighted by Crippen LogP contribution is 2.15. The molecule has 0 saturated carbocycles. The van der Waals surface area contributed by atoms with Crippen LogP contribution in [-0.2, 0) is 0 Å². The molecular weight excluding hydrogens is 130 g/mol. The summed E-state index contributed by atoms with van der Waals surface area (Å²) in [6.45, 7) is 4.39. The maximum Gasteiger partial charge on any atom is 0.0741 e. The lowest BCUT2D eigenvalue weighted by atomic mass is 9.89. The molecule has 1 unspecified atom stereocenters. The highest BCUT2D eigenvalue weighted by atomic mass is 16.3. The van der Waals surface area contributed by atoms with Crippen LogP contribution >= 0.6 is 0 Å². The van der Waals surface area contributed by atoms with E-state index in [1.54, 1.807) is 0 Å². The molecule has 0 amide bonds. The molecule has 1 heterocycles. The van der Waals surface area contributed by atoms with Gasteiger partial charge in [-0.3, -0.25) is 0 Å². The molecule has 3 nitrogen and oxygen atoms in total. The van der Waals surface area contributed by atoms with Gasteiger partial charge in [0.15, 0.2) is 0 Å². The van der Waals surface area contributed by atoms with Gasteiger partial charge in [-0.25, -0.2) is 0 Å². The molecule has 3 N–H and O–H groups in total. The van der Waals surface area contributed by atoms with Crippen LogP contribution in [0.4, 0.5) is 0 Å². The van der Waals surface area contributed by atoms with Crippen LogP contribution in [0.15, 0.2) is 0 Å². The van der Waals surface area contributed by atoms with Crippen LogP contribution in [0.25, 0.3) is 0 Å². The molecule has 0 spiro atoms. The first-order chi connectivity index (χ1) is 4.63. The highest BCUT2D eigenvalue weighted by molar-refractivity contribution is 4.87. The monoisotopic (exact) mass is 145 g/mol. The number of hydrogen-bond donors (Lipinski definition) is 3. The molecule has 1 fully saturated rings. The summed E-state index contributed by atoms with van der Waals surface area (Å²) < 4.78 is 0. The molecule has 0 radical (unpaired) electrons. The number of aliphatic hydroxyl groups excluding tert-OH is 2. The number of β-amino-alcohol motifs (C(OH)–C–C–N with tert-alkyl or cyclic N) is 1. The van der Waals surface area contributed by atoms with Crippen molar-refractivity contribution in [1.82, 2.24) is 5.32 Å². The van der Waals surface area contributed by atoms with E-state index in [-0.39, 0.29) is 12.0 Å². The van der Waals surface area contributed by atoms with Gasteiger partial charge >= 0.3 is 0 Å². The maximum atomic E-state index is 9.39. The topological polar surface area (TPSA) is 52.5 Å². The van der Waals surface area contributed by atoms with Crippen molar-refractivity contribution in [2.75, 3.05) is 6.54 Å². The van der Waals surface area contributed by atoms with E-state index in [2.05, 4.69) is 5.32 Å². The van der Waals surface area contributed by atoms with E-state index in [0.29, 0.717) is 6.54 Å². The zero-order chi connectivity index (χ0) is 7.72. The zero-order valence-corrected chi connectivity index (χ0v) is 6.41. The van der Waals surface area contributed by atoms with Crippen LogP contribution in [0, 0.1) is 5.92 Å². The summed E-state index contributed by atoms with van der Waals surface area (Å²) in [6, 6.07) is 0.110. The highest BCUT2D eigenvalue weighted by Gasteiger charge is 2.31. The second-order valence-electron chi connectivity index (χ2n) is 3.11. The predicted octanol–water partition coefficient (Wildman–Crippen LogP) is -0.664. The molecule has 0 aromatic heterocycles. The Kier molecular flexibility index (Phi) is 2.28. The van der Waals surface area contributed by atoms with Crippen LogP contribution in [0.2, 0.25) is 0 Å². The van der Waals surface area contributed by atoms with Gasteiger partial charge in [-0.2, -0.15) is 0 Å². The molecule has 1 aliphatic rings. The number of aliphatic hydroxyl groups is 2. The van der Waals surface area contributed by atoms with E-state index in [4.69, 9.17) is 0 Å². The molecule has 0 aliphatic carbocycles. The molecule has 0 bridgehead atoms. The lowest BCUT2D eigenvalue weighted by Crippen LogP contribution is -2.54. The molecule has 3 heteroatoms. The number of nitrogens with one attached hydrogen (secondary N) is 1. The Morgan fingerprint density at radius 1 is 1.30 bits per heavy atom. The summed E-state index contributed by atoms with van der Waals surface area (Å²) in [5.41, 5.74) is 0. The summed E-state index contributed by atoms with van der Waals surface area (Å²) in [7, 11) is 0. The SMILES string of the molecule is CC1[C@@H](O)CN[C@H](C)[C@H]1O. The first-order valence-electron chi connectivity index (χ1n) is 3.72. The van der Waals surface area contributed by atoms with E-state index in [1.807, 2.05) is 13.8 Å². The molecule has 1 saturated heterocycles. The maximum absolute atomic E-state index is 9.39. The lowest BCUT2D eigenvalue weighted by molar-refractivity contribution is -0.0246. The van der Waals surface area contributed by atoms with Gasteiger partial charge in [0, 0.05) is 18.5 Å². The Bertz CT molecular complexity index is 104.